The maximum Gasteiger partial charge on any atom is 0.325 e. The fraction of sp³-hybridized carbons (Fsp3) is 0.300. The Labute approximate surface area is 157 Å². The molecule has 3 rings (SSSR count). The van der Waals surface area contributed by atoms with Gasteiger partial charge in [-0.05, 0) is 37.1 Å². The van der Waals surface area contributed by atoms with Gasteiger partial charge in [0, 0.05) is 10.6 Å². The number of carbonyl (C=O) groups excluding carboxylic acids is 2. The van der Waals surface area contributed by atoms with Crippen LogP contribution < -0.4 is 10.1 Å². The number of methoxy groups -OCH3 is 1. The van der Waals surface area contributed by atoms with Gasteiger partial charge in [0.25, 0.3) is 5.91 Å². The maximum absolute atomic E-state index is 13.2. The predicted molar refractivity (Wildman–Crippen MR) is 100 cm³/mol. The molecule has 0 aromatic heterocycles. The second-order valence-electron chi connectivity index (χ2n) is 6.40. The quantitative estimate of drug-likeness (QED) is 0.806. The lowest BCUT2D eigenvalue weighted by atomic mass is 9.87. The average Bonchev–Trinajstić information content (AvgIpc) is 2.87. The molecule has 1 heterocycles. The fourth-order valence-electron chi connectivity index (χ4n) is 3.34. The highest BCUT2D eigenvalue weighted by Crippen LogP contribution is 2.34. The topological polar surface area (TPSA) is 58.6 Å². The van der Waals surface area contributed by atoms with Gasteiger partial charge < -0.3 is 10.1 Å². The summed E-state index contributed by atoms with van der Waals surface area (Å²) in [6.45, 7) is 3.99. The zero-order valence-electron chi connectivity index (χ0n) is 15.0. The Hall–Kier alpha value is -2.53. The van der Waals surface area contributed by atoms with Gasteiger partial charge in [-0.25, -0.2) is 4.79 Å². The van der Waals surface area contributed by atoms with Crippen molar-refractivity contribution in [1.82, 2.24) is 10.2 Å². The van der Waals surface area contributed by atoms with E-state index in [4.69, 9.17) is 16.3 Å². The van der Waals surface area contributed by atoms with E-state index >= 15 is 0 Å². The van der Waals surface area contributed by atoms with Gasteiger partial charge in [0.05, 0.1) is 13.7 Å². The molecular formula is C20H21ClN2O3. The van der Waals surface area contributed by atoms with E-state index in [1.165, 1.54) is 4.90 Å². The van der Waals surface area contributed by atoms with Crippen molar-refractivity contribution in [1.29, 1.82) is 0 Å². The van der Waals surface area contributed by atoms with Gasteiger partial charge in [0.2, 0.25) is 0 Å². The van der Waals surface area contributed by atoms with Gasteiger partial charge in [-0.1, -0.05) is 48.4 Å². The van der Waals surface area contributed by atoms with E-state index in [-0.39, 0.29) is 12.5 Å². The molecule has 136 valence electrons. The monoisotopic (exact) mass is 372 g/mol. The minimum atomic E-state index is -1.07. The molecule has 6 heteroatoms. The van der Waals surface area contributed by atoms with Crippen molar-refractivity contribution >= 4 is 23.5 Å². The molecule has 1 saturated heterocycles. The molecule has 1 N–H and O–H groups in total. The Morgan fingerprint density at radius 3 is 2.46 bits per heavy atom. The fourth-order valence-corrected chi connectivity index (χ4v) is 3.47. The number of urea groups is 1. The number of hydrogen-bond acceptors (Lipinski definition) is 3. The van der Waals surface area contributed by atoms with Gasteiger partial charge in [0.15, 0.2) is 0 Å². The third-order valence-electron chi connectivity index (χ3n) is 4.81. The van der Waals surface area contributed by atoms with Crippen LogP contribution >= 0.6 is 11.6 Å². The number of imide groups is 1. The van der Waals surface area contributed by atoms with Crippen molar-refractivity contribution in [2.45, 2.75) is 32.4 Å². The number of hydrogen-bond donors (Lipinski definition) is 1. The molecule has 1 unspecified atom stereocenters. The largest absolute Gasteiger partial charge is 0.496 e. The Balaban J connectivity index is 1.96. The second kappa shape index (κ2) is 7.00. The summed E-state index contributed by atoms with van der Waals surface area (Å²) < 4.78 is 5.37. The lowest BCUT2D eigenvalue weighted by Crippen LogP contribution is -2.43. The van der Waals surface area contributed by atoms with Gasteiger partial charge in [-0.2, -0.15) is 0 Å². The van der Waals surface area contributed by atoms with E-state index in [9.17, 15) is 9.59 Å². The Morgan fingerprint density at radius 1 is 1.15 bits per heavy atom. The number of nitrogens with one attached hydrogen (secondary N) is 1. The predicted octanol–water partition coefficient (Wildman–Crippen LogP) is 4.01. The summed E-state index contributed by atoms with van der Waals surface area (Å²) in [7, 11) is 1.57. The third-order valence-corrected chi connectivity index (χ3v) is 5.06. The minimum Gasteiger partial charge on any atom is -0.496 e. The number of nitrogens with zero attached hydrogens (tertiary/aromatic N) is 1. The Kier molecular flexibility index (Phi) is 4.92. The summed E-state index contributed by atoms with van der Waals surface area (Å²) in [5, 5.41) is 3.46. The highest BCUT2D eigenvalue weighted by Gasteiger charge is 2.51. The third kappa shape index (κ3) is 3.03. The van der Waals surface area contributed by atoms with Crippen LogP contribution in [0, 0.1) is 6.92 Å². The van der Waals surface area contributed by atoms with Gasteiger partial charge >= 0.3 is 6.03 Å². The molecule has 1 atom stereocenters. The van der Waals surface area contributed by atoms with Crippen LogP contribution in [-0.2, 0) is 16.9 Å². The van der Waals surface area contributed by atoms with E-state index in [0.717, 1.165) is 16.7 Å². The molecule has 0 aliphatic carbocycles. The molecule has 0 radical (unpaired) electrons. The number of rotatable bonds is 5. The average molecular weight is 373 g/mol. The smallest absolute Gasteiger partial charge is 0.325 e. The van der Waals surface area contributed by atoms with Gasteiger partial charge in [-0.3, -0.25) is 9.69 Å². The lowest BCUT2D eigenvalue weighted by molar-refractivity contribution is -0.132. The van der Waals surface area contributed by atoms with Crippen molar-refractivity contribution in [3.05, 3.63) is 64.2 Å². The number of benzene rings is 2. The van der Waals surface area contributed by atoms with Crippen LogP contribution in [0.25, 0.3) is 0 Å². The van der Waals surface area contributed by atoms with Crippen LogP contribution in [0.15, 0.2) is 42.5 Å². The van der Waals surface area contributed by atoms with Crippen LogP contribution in [0.5, 0.6) is 5.75 Å². The SMILES string of the molecule is CCC1(c2ccc(Cl)cc2)NC(=O)N(Cc2cc(C)ccc2OC)C1=O. The van der Waals surface area contributed by atoms with E-state index in [1.54, 1.807) is 31.4 Å². The zero-order chi connectivity index (χ0) is 18.9. The van der Waals surface area contributed by atoms with E-state index in [0.29, 0.717) is 17.2 Å². The van der Waals surface area contributed by atoms with Crippen molar-refractivity contribution in [3.63, 3.8) is 0 Å². The first-order valence-corrected chi connectivity index (χ1v) is 8.82. The van der Waals surface area contributed by atoms with Crippen LogP contribution in [0.4, 0.5) is 4.79 Å². The summed E-state index contributed by atoms with van der Waals surface area (Å²) >= 11 is 5.96. The molecule has 1 fully saturated rings. The maximum atomic E-state index is 13.2. The standard InChI is InChI=1S/C20H21ClN2O3/c1-4-20(15-6-8-16(21)9-7-15)18(24)23(19(25)22-20)12-14-11-13(2)5-10-17(14)26-3/h5-11H,4,12H2,1-3H3,(H,22,25). The molecule has 2 aromatic carbocycles. The first-order chi connectivity index (χ1) is 12.4. The number of ether oxygens (including phenoxy) is 1. The molecule has 2 aromatic rings. The van der Waals surface area contributed by atoms with E-state index in [1.807, 2.05) is 32.0 Å². The number of carbonyl (C=O) groups is 2. The molecule has 0 spiro atoms. The number of halogens is 1. The molecule has 3 amide bonds. The summed E-state index contributed by atoms with van der Waals surface area (Å²) in [5.74, 6) is 0.382. The molecular weight excluding hydrogens is 352 g/mol. The van der Waals surface area contributed by atoms with Crippen LogP contribution in [0.3, 0.4) is 0 Å². The first-order valence-electron chi connectivity index (χ1n) is 8.45. The minimum absolute atomic E-state index is 0.158. The van der Waals surface area contributed by atoms with E-state index in [2.05, 4.69) is 5.32 Å². The van der Waals surface area contributed by atoms with Gasteiger partial charge in [0.1, 0.15) is 11.3 Å². The van der Waals surface area contributed by atoms with Crippen molar-refractivity contribution in [3.8, 4) is 5.75 Å². The molecule has 1 aliphatic rings. The highest BCUT2D eigenvalue weighted by atomic mass is 35.5. The summed E-state index contributed by atoms with van der Waals surface area (Å²) in [6.07, 6.45) is 0.445. The van der Waals surface area contributed by atoms with Crippen molar-refractivity contribution in [2.24, 2.45) is 0 Å². The van der Waals surface area contributed by atoms with Crippen LogP contribution in [0.1, 0.15) is 30.0 Å². The van der Waals surface area contributed by atoms with Gasteiger partial charge in [-0.15, -0.1) is 0 Å². The highest BCUT2D eigenvalue weighted by molar-refractivity contribution is 6.30. The Morgan fingerprint density at radius 2 is 1.85 bits per heavy atom. The first kappa shape index (κ1) is 18.3. The molecule has 5 nitrogen and oxygen atoms in total. The summed E-state index contributed by atoms with van der Waals surface area (Å²) in [6, 6.07) is 12.3. The zero-order valence-corrected chi connectivity index (χ0v) is 15.8. The molecule has 26 heavy (non-hydrogen) atoms. The van der Waals surface area contributed by atoms with Crippen molar-refractivity contribution < 1.29 is 14.3 Å². The molecule has 1 aliphatic heterocycles. The molecule has 0 bridgehead atoms. The summed E-state index contributed by atoms with van der Waals surface area (Å²) in [5.41, 5.74) is 1.48. The molecule has 0 saturated carbocycles. The lowest BCUT2D eigenvalue weighted by Gasteiger charge is -2.26. The normalized spacial score (nSPS) is 19.6. The van der Waals surface area contributed by atoms with Crippen LogP contribution in [-0.4, -0.2) is 23.9 Å². The summed E-state index contributed by atoms with van der Waals surface area (Å²) in [4.78, 5) is 27.1. The van der Waals surface area contributed by atoms with E-state index < -0.39 is 11.6 Å². The number of amides is 3. The number of aryl methyl sites for hydroxylation is 1. The Bertz CT molecular complexity index is 851. The van der Waals surface area contributed by atoms with Crippen LogP contribution in [0.2, 0.25) is 5.02 Å². The van der Waals surface area contributed by atoms with Crippen molar-refractivity contribution in [2.75, 3.05) is 7.11 Å². The second-order valence-corrected chi connectivity index (χ2v) is 6.84.